The van der Waals surface area contributed by atoms with Crippen LogP contribution in [0.3, 0.4) is 0 Å². The Morgan fingerprint density at radius 3 is 2.57 bits per heavy atom. The molecule has 0 unspecified atom stereocenters. The molecular weight excluding hydrogens is 232 g/mol. The Morgan fingerprint density at radius 1 is 1.50 bits per heavy atom. The van der Waals surface area contributed by atoms with Gasteiger partial charge in [-0.05, 0) is 18.2 Å². The van der Waals surface area contributed by atoms with Crippen molar-refractivity contribution in [2.24, 2.45) is 5.73 Å². The van der Waals surface area contributed by atoms with Crippen LogP contribution in [0.25, 0.3) is 0 Å². The highest BCUT2D eigenvalue weighted by atomic mass is 35.5. The van der Waals surface area contributed by atoms with E-state index >= 15 is 0 Å². The molecule has 14 heavy (non-hydrogen) atoms. The predicted molar refractivity (Wildman–Crippen MR) is 54.0 cm³/mol. The molecule has 0 radical (unpaired) electrons. The third kappa shape index (κ3) is 2.78. The molecule has 0 fully saturated rings. The van der Waals surface area contributed by atoms with Crippen LogP contribution in [0.1, 0.15) is 5.56 Å². The van der Waals surface area contributed by atoms with Gasteiger partial charge in [0.2, 0.25) is 0 Å². The number of nitrogens with two attached hydrogens (primary N) is 1. The average Bonchev–Trinajstić information content (AvgIpc) is 2.01. The van der Waals surface area contributed by atoms with E-state index in [4.69, 9.17) is 17.3 Å². The molecule has 0 saturated heterocycles. The second-order valence-electron chi connectivity index (χ2n) is 2.38. The summed E-state index contributed by atoms with van der Waals surface area (Å²) >= 11 is 10.4. The van der Waals surface area contributed by atoms with Crippen LogP contribution in [0.5, 0.6) is 5.75 Å². The van der Waals surface area contributed by atoms with Gasteiger partial charge in [-0.3, -0.25) is 0 Å². The highest BCUT2D eigenvalue weighted by Crippen LogP contribution is 2.23. The summed E-state index contributed by atoms with van der Waals surface area (Å²) in [6.45, 7) is -2.87. The minimum atomic E-state index is -2.87. The molecule has 1 aromatic rings. The Morgan fingerprint density at radius 2 is 2.14 bits per heavy atom. The van der Waals surface area contributed by atoms with E-state index in [9.17, 15) is 8.78 Å². The molecule has 0 aliphatic carbocycles. The number of hydrogen-bond acceptors (Lipinski definition) is 2. The van der Waals surface area contributed by atoms with Gasteiger partial charge in [-0.1, -0.05) is 23.8 Å². The van der Waals surface area contributed by atoms with Crippen LogP contribution in [0.2, 0.25) is 5.02 Å². The summed E-state index contributed by atoms with van der Waals surface area (Å²) in [7, 11) is 0. The zero-order valence-electron chi connectivity index (χ0n) is 6.84. The van der Waals surface area contributed by atoms with Gasteiger partial charge < -0.3 is 10.5 Å². The first-order valence-electron chi connectivity index (χ1n) is 3.55. The Hall–Kier alpha value is -0.940. The quantitative estimate of drug-likeness (QED) is 0.821. The van der Waals surface area contributed by atoms with E-state index in [1.54, 1.807) is 0 Å². The van der Waals surface area contributed by atoms with Crippen molar-refractivity contribution in [2.45, 2.75) is 6.61 Å². The van der Waals surface area contributed by atoms with E-state index in [1.165, 1.54) is 18.2 Å². The zero-order valence-corrected chi connectivity index (χ0v) is 8.41. The number of ether oxygens (including phenoxy) is 1. The predicted octanol–water partition coefficient (Wildman–Crippen LogP) is 2.58. The molecule has 2 nitrogen and oxygen atoms in total. The largest absolute Gasteiger partial charge is 0.435 e. The number of halogens is 3. The summed E-state index contributed by atoms with van der Waals surface area (Å²) in [6.07, 6.45) is 0. The molecule has 0 aromatic heterocycles. The molecule has 1 aromatic carbocycles. The summed E-state index contributed by atoms with van der Waals surface area (Å²) in [4.78, 5) is 0.110. The van der Waals surface area contributed by atoms with Gasteiger partial charge in [-0.15, -0.1) is 0 Å². The SMILES string of the molecule is NC(=S)c1ccc(OC(F)F)cc1Cl. The summed E-state index contributed by atoms with van der Waals surface area (Å²) in [5.74, 6) is -0.0231. The van der Waals surface area contributed by atoms with Crippen molar-refractivity contribution in [3.63, 3.8) is 0 Å². The van der Waals surface area contributed by atoms with Crippen LogP contribution in [0, 0.1) is 0 Å². The smallest absolute Gasteiger partial charge is 0.387 e. The second kappa shape index (κ2) is 4.52. The summed E-state index contributed by atoms with van der Waals surface area (Å²) in [5.41, 5.74) is 5.76. The Labute approximate surface area is 89.6 Å². The molecule has 0 heterocycles. The molecule has 1 rings (SSSR count). The minimum absolute atomic E-state index is 0.0231. The van der Waals surface area contributed by atoms with Crippen LogP contribution in [0.15, 0.2) is 18.2 Å². The normalized spacial score (nSPS) is 10.3. The molecule has 2 N–H and O–H groups in total. The van der Waals surface area contributed by atoms with Gasteiger partial charge in [-0.2, -0.15) is 8.78 Å². The maximum absolute atomic E-state index is 11.8. The van der Waals surface area contributed by atoms with Crippen molar-refractivity contribution >= 4 is 28.8 Å². The van der Waals surface area contributed by atoms with Crippen LogP contribution in [-0.4, -0.2) is 11.6 Å². The number of hydrogen-bond donors (Lipinski definition) is 1. The first kappa shape index (κ1) is 11.1. The summed E-state index contributed by atoms with van der Waals surface area (Å²) < 4.78 is 27.7. The molecule has 0 bridgehead atoms. The lowest BCUT2D eigenvalue weighted by Crippen LogP contribution is -2.10. The topological polar surface area (TPSA) is 35.2 Å². The number of rotatable bonds is 3. The van der Waals surface area contributed by atoms with E-state index in [2.05, 4.69) is 17.0 Å². The summed E-state index contributed by atoms with van der Waals surface area (Å²) in [6, 6.07) is 4.00. The molecule has 0 saturated carbocycles. The van der Waals surface area contributed by atoms with E-state index in [0.717, 1.165) is 0 Å². The lowest BCUT2D eigenvalue weighted by molar-refractivity contribution is -0.0498. The lowest BCUT2D eigenvalue weighted by Gasteiger charge is -2.06. The molecule has 0 spiro atoms. The van der Waals surface area contributed by atoms with Gasteiger partial charge in [0, 0.05) is 5.56 Å². The highest BCUT2D eigenvalue weighted by molar-refractivity contribution is 7.80. The third-order valence-electron chi connectivity index (χ3n) is 1.43. The number of benzene rings is 1. The monoisotopic (exact) mass is 237 g/mol. The summed E-state index contributed by atoms with van der Waals surface area (Å²) in [5, 5.41) is 0.190. The first-order chi connectivity index (χ1) is 6.50. The van der Waals surface area contributed by atoms with E-state index in [0.29, 0.717) is 5.56 Å². The van der Waals surface area contributed by atoms with Gasteiger partial charge >= 0.3 is 6.61 Å². The van der Waals surface area contributed by atoms with E-state index in [1.807, 2.05) is 0 Å². The van der Waals surface area contributed by atoms with Crippen LogP contribution in [-0.2, 0) is 0 Å². The maximum atomic E-state index is 11.8. The van der Waals surface area contributed by atoms with Crippen molar-refractivity contribution in [1.29, 1.82) is 0 Å². The minimum Gasteiger partial charge on any atom is -0.435 e. The Kier molecular flexibility index (Phi) is 3.60. The fourth-order valence-electron chi connectivity index (χ4n) is 0.872. The van der Waals surface area contributed by atoms with E-state index in [-0.39, 0.29) is 15.8 Å². The van der Waals surface area contributed by atoms with Crippen molar-refractivity contribution in [2.75, 3.05) is 0 Å². The molecule has 0 atom stereocenters. The Balaban J connectivity index is 2.94. The maximum Gasteiger partial charge on any atom is 0.387 e. The number of alkyl halides is 2. The molecule has 0 aliphatic rings. The van der Waals surface area contributed by atoms with Gasteiger partial charge in [0.05, 0.1) is 5.02 Å². The first-order valence-corrected chi connectivity index (χ1v) is 4.33. The van der Waals surface area contributed by atoms with Crippen molar-refractivity contribution in [3.05, 3.63) is 28.8 Å². The van der Waals surface area contributed by atoms with Crippen molar-refractivity contribution in [3.8, 4) is 5.75 Å². The third-order valence-corrected chi connectivity index (χ3v) is 1.96. The van der Waals surface area contributed by atoms with Crippen molar-refractivity contribution in [1.82, 2.24) is 0 Å². The number of thiocarbonyl (C=S) groups is 1. The molecule has 0 amide bonds. The Bertz CT molecular complexity index is 359. The molecule has 76 valence electrons. The van der Waals surface area contributed by atoms with Gasteiger partial charge in [-0.25, -0.2) is 0 Å². The zero-order chi connectivity index (χ0) is 10.7. The highest BCUT2D eigenvalue weighted by Gasteiger charge is 2.08. The van der Waals surface area contributed by atoms with Crippen LogP contribution in [0.4, 0.5) is 8.78 Å². The lowest BCUT2D eigenvalue weighted by atomic mass is 10.2. The second-order valence-corrected chi connectivity index (χ2v) is 3.23. The fraction of sp³-hybridized carbons (Fsp3) is 0.125. The van der Waals surface area contributed by atoms with Gasteiger partial charge in [0.1, 0.15) is 10.7 Å². The average molecular weight is 238 g/mol. The van der Waals surface area contributed by atoms with Gasteiger partial charge in [0.15, 0.2) is 0 Å². The molecular formula is C8H6ClF2NOS. The fourth-order valence-corrected chi connectivity index (χ4v) is 1.38. The van der Waals surface area contributed by atoms with Gasteiger partial charge in [0.25, 0.3) is 0 Å². The van der Waals surface area contributed by atoms with E-state index < -0.39 is 6.61 Å². The molecule has 6 heteroatoms. The van der Waals surface area contributed by atoms with Crippen molar-refractivity contribution < 1.29 is 13.5 Å². The van der Waals surface area contributed by atoms with Crippen LogP contribution >= 0.6 is 23.8 Å². The standard InChI is InChI=1S/C8H6ClF2NOS/c9-6-3-4(13-8(10)11)1-2-5(6)7(12)14/h1-3,8H,(H2,12,14). The molecule has 0 aliphatic heterocycles. The van der Waals surface area contributed by atoms with Crippen LogP contribution < -0.4 is 10.5 Å².